The van der Waals surface area contributed by atoms with Gasteiger partial charge in [-0.1, -0.05) is 6.92 Å². The van der Waals surface area contributed by atoms with Crippen molar-refractivity contribution in [3.05, 3.63) is 22.8 Å². The van der Waals surface area contributed by atoms with Crippen molar-refractivity contribution in [3.8, 4) is 0 Å². The van der Waals surface area contributed by atoms with Crippen LogP contribution in [0.1, 0.15) is 19.8 Å². The first kappa shape index (κ1) is 14.6. The van der Waals surface area contributed by atoms with Gasteiger partial charge in [0.25, 0.3) is 0 Å². The summed E-state index contributed by atoms with van der Waals surface area (Å²) in [6, 6.07) is 3.48. The van der Waals surface area contributed by atoms with Gasteiger partial charge < -0.3 is 10.2 Å². The van der Waals surface area contributed by atoms with Gasteiger partial charge in [-0.25, -0.2) is 4.98 Å². The molecule has 0 aliphatic rings. The van der Waals surface area contributed by atoms with Gasteiger partial charge in [-0.15, -0.1) is 0 Å². The maximum atomic E-state index is 11.7. The number of carbonyl (C=O) groups is 2. The molecule has 0 atom stereocenters. The minimum absolute atomic E-state index is 0.0311. The number of nitrogens with one attached hydrogen (secondary N) is 1. The largest absolute Gasteiger partial charge is 0.336 e. The Hall–Kier alpha value is -1.43. The lowest BCUT2D eigenvalue weighted by molar-refractivity contribution is -0.133. The minimum atomic E-state index is -0.253. The van der Waals surface area contributed by atoms with E-state index in [9.17, 15) is 9.59 Å². The normalized spacial score (nSPS) is 9.94. The van der Waals surface area contributed by atoms with E-state index in [0.717, 1.165) is 10.9 Å². The lowest BCUT2D eigenvalue weighted by Gasteiger charge is -2.16. The summed E-state index contributed by atoms with van der Waals surface area (Å²) in [6.45, 7) is 1.97. The van der Waals surface area contributed by atoms with E-state index in [1.54, 1.807) is 25.4 Å². The molecule has 0 aliphatic carbocycles. The average Bonchev–Trinajstić information content (AvgIpc) is 2.32. The van der Waals surface area contributed by atoms with Crippen LogP contribution in [0.3, 0.4) is 0 Å². The van der Waals surface area contributed by atoms with Gasteiger partial charge in [-0.05, 0) is 34.5 Å². The van der Waals surface area contributed by atoms with Crippen LogP contribution in [-0.2, 0) is 9.59 Å². The summed E-state index contributed by atoms with van der Waals surface area (Å²) in [5, 5.41) is 2.63. The Morgan fingerprint density at radius 2 is 2.17 bits per heavy atom. The first-order chi connectivity index (χ1) is 8.52. The molecule has 0 spiro atoms. The second-order valence-corrected chi connectivity index (χ2v) is 4.83. The summed E-state index contributed by atoms with van der Waals surface area (Å²) in [7, 11) is 1.62. The number of carbonyl (C=O) groups excluding carboxylic acids is 2. The quantitative estimate of drug-likeness (QED) is 0.905. The van der Waals surface area contributed by atoms with Crippen molar-refractivity contribution in [3.63, 3.8) is 0 Å². The zero-order chi connectivity index (χ0) is 13.5. The molecular weight excluding hydrogens is 298 g/mol. The van der Waals surface area contributed by atoms with E-state index in [4.69, 9.17) is 0 Å². The number of hydrogen-bond donors (Lipinski definition) is 1. The fourth-order valence-electron chi connectivity index (χ4n) is 1.34. The molecule has 5 nitrogen and oxygen atoms in total. The molecule has 0 aromatic carbocycles. The molecule has 0 bridgehead atoms. The Kier molecular flexibility index (Phi) is 5.77. The van der Waals surface area contributed by atoms with Crippen LogP contribution in [0.2, 0.25) is 0 Å². The Balaban J connectivity index is 2.46. The van der Waals surface area contributed by atoms with E-state index in [1.807, 2.05) is 6.92 Å². The highest BCUT2D eigenvalue weighted by Gasteiger charge is 2.12. The fourth-order valence-corrected chi connectivity index (χ4v) is 1.57. The molecule has 0 fully saturated rings. The Bertz CT molecular complexity index is 420. The first-order valence-electron chi connectivity index (χ1n) is 5.68. The van der Waals surface area contributed by atoms with Gasteiger partial charge >= 0.3 is 0 Å². The number of aromatic nitrogens is 1. The van der Waals surface area contributed by atoms with Crippen molar-refractivity contribution in [2.75, 3.05) is 18.9 Å². The number of rotatable bonds is 5. The predicted molar refractivity (Wildman–Crippen MR) is 73.1 cm³/mol. The van der Waals surface area contributed by atoms with E-state index in [2.05, 4.69) is 26.2 Å². The van der Waals surface area contributed by atoms with Crippen LogP contribution in [0.15, 0.2) is 22.8 Å². The van der Waals surface area contributed by atoms with Crippen molar-refractivity contribution in [1.82, 2.24) is 9.88 Å². The number of amides is 2. The van der Waals surface area contributed by atoms with Gasteiger partial charge in [-0.2, -0.15) is 0 Å². The summed E-state index contributed by atoms with van der Waals surface area (Å²) >= 11 is 3.26. The molecule has 1 N–H and O–H groups in total. The maximum absolute atomic E-state index is 11.7. The minimum Gasteiger partial charge on any atom is -0.336 e. The molecule has 1 aromatic heterocycles. The zero-order valence-electron chi connectivity index (χ0n) is 10.4. The Morgan fingerprint density at radius 3 is 2.72 bits per heavy atom. The van der Waals surface area contributed by atoms with E-state index >= 15 is 0 Å². The third-order valence-electron chi connectivity index (χ3n) is 2.27. The van der Waals surface area contributed by atoms with Crippen LogP contribution in [0, 0.1) is 0 Å². The van der Waals surface area contributed by atoms with E-state index in [1.165, 1.54) is 4.90 Å². The lowest BCUT2D eigenvalue weighted by atomic mass is 10.3. The molecule has 0 aliphatic heterocycles. The second-order valence-electron chi connectivity index (χ2n) is 3.91. The van der Waals surface area contributed by atoms with Crippen molar-refractivity contribution in [2.24, 2.45) is 0 Å². The monoisotopic (exact) mass is 313 g/mol. The lowest BCUT2D eigenvalue weighted by Crippen LogP contribution is -2.34. The number of nitrogens with zero attached hydrogens (tertiary/aromatic N) is 2. The van der Waals surface area contributed by atoms with Crippen LogP contribution in [0.5, 0.6) is 0 Å². The van der Waals surface area contributed by atoms with Crippen LogP contribution in [-0.4, -0.2) is 35.3 Å². The molecule has 1 heterocycles. The number of likely N-dealkylation sites (N-methyl/N-ethyl adjacent to an activating group) is 1. The Morgan fingerprint density at radius 1 is 1.44 bits per heavy atom. The smallest absolute Gasteiger partial charge is 0.245 e. The first-order valence-corrected chi connectivity index (χ1v) is 6.47. The van der Waals surface area contributed by atoms with Crippen molar-refractivity contribution < 1.29 is 9.59 Å². The summed E-state index contributed by atoms with van der Waals surface area (Å²) in [5.74, 6) is 0.188. The third kappa shape index (κ3) is 4.83. The number of anilines is 1. The Labute approximate surface area is 115 Å². The highest BCUT2D eigenvalue weighted by atomic mass is 79.9. The SMILES string of the molecule is CCCC(=O)N(C)CC(=O)Nc1ccc(Br)cn1. The summed E-state index contributed by atoms with van der Waals surface area (Å²) < 4.78 is 0.843. The second kappa shape index (κ2) is 7.10. The average molecular weight is 314 g/mol. The van der Waals surface area contributed by atoms with E-state index < -0.39 is 0 Å². The van der Waals surface area contributed by atoms with Crippen LogP contribution < -0.4 is 5.32 Å². The van der Waals surface area contributed by atoms with Crippen molar-refractivity contribution >= 4 is 33.6 Å². The molecule has 1 rings (SSSR count). The number of hydrogen-bond acceptors (Lipinski definition) is 3. The molecular formula is C12H16BrN3O2. The highest BCUT2D eigenvalue weighted by Crippen LogP contribution is 2.10. The third-order valence-corrected chi connectivity index (χ3v) is 2.73. The van der Waals surface area contributed by atoms with Gasteiger partial charge in [0.1, 0.15) is 5.82 Å². The molecule has 2 amide bonds. The van der Waals surface area contributed by atoms with E-state index in [0.29, 0.717) is 12.2 Å². The molecule has 0 unspecified atom stereocenters. The van der Waals surface area contributed by atoms with Gasteiger partial charge in [0.05, 0.1) is 6.54 Å². The molecule has 6 heteroatoms. The van der Waals surface area contributed by atoms with Crippen LogP contribution in [0.25, 0.3) is 0 Å². The van der Waals surface area contributed by atoms with Crippen molar-refractivity contribution in [2.45, 2.75) is 19.8 Å². The molecule has 0 radical (unpaired) electrons. The highest BCUT2D eigenvalue weighted by molar-refractivity contribution is 9.10. The molecule has 18 heavy (non-hydrogen) atoms. The zero-order valence-corrected chi connectivity index (χ0v) is 12.0. The van der Waals surface area contributed by atoms with E-state index in [-0.39, 0.29) is 18.4 Å². The summed E-state index contributed by atoms with van der Waals surface area (Å²) in [4.78, 5) is 28.6. The molecule has 0 saturated heterocycles. The maximum Gasteiger partial charge on any atom is 0.245 e. The van der Waals surface area contributed by atoms with Gasteiger partial charge in [0.2, 0.25) is 11.8 Å². The van der Waals surface area contributed by atoms with Gasteiger partial charge in [-0.3, -0.25) is 9.59 Å². The van der Waals surface area contributed by atoms with Gasteiger partial charge in [0, 0.05) is 24.1 Å². The van der Waals surface area contributed by atoms with Gasteiger partial charge in [0.15, 0.2) is 0 Å². The standard InChI is InChI=1S/C12H16BrN3O2/c1-3-4-12(18)16(2)8-11(17)15-10-6-5-9(13)7-14-10/h5-7H,3-4,8H2,1-2H3,(H,14,15,17). The van der Waals surface area contributed by atoms with Crippen molar-refractivity contribution in [1.29, 1.82) is 0 Å². The molecule has 98 valence electrons. The molecule has 1 aromatic rings. The summed E-state index contributed by atoms with van der Waals surface area (Å²) in [5.41, 5.74) is 0. The van der Waals surface area contributed by atoms with Crippen LogP contribution in [0.4, 0.5) is 5.82 Å². The molecule has 0 saturated carbocycles. The number of halogens is 1. The summed E-state index contributed by atoms with van der Waals surface area (Å²) in [6.07, 6.45) is 2.83. The predicted octanol–water partition coefficient (Wildman–Crippen LogP) is 2.04. The topological polar surface area (TPSA) is 62.3 Å². The number of pyridine rings is 1. The van der Waals surface area contributed by atoms with Crippen LogP contribution >= 0.6 is 15.9 Å². The fraction of sp³-hybridized carbons (Fsp3) is 0.417.